The molecule has 0 atom stereocenters. The zero-order chi connectivity index (χ0) is 39.0. The number of aryl methyl sites for hydroxylation is 1. The van der Waals surface area contributed by atoms with Gasteiger partial charge < -0.3 is 9.80 Å². The van der Waals surface area contributed by atoms with Crippen LogP contribution in [-0.2, 0) is 0 Å². The fourth-order valence-corrected chi connectivity index (χ4v) is 10.2. The summed E-state index contributed by atoms with van der Waals surface area (Å²) < 4.78 is 0. The predicted octanol–water partition coefficient (Wildman–Crippen LogP) is 10.2. The van der Waals surface area contributed by atoms with Crippen LogP contribution in [0.5, 0.6) is 0 Å². The number of nitrogens with zero attached hydrogens (tertiary/aromatic N) is 8. The van der Waals surface area contributed by atoms with Gasteiger partial charge in [-0.2, -0.15) is 15.0 Å². The number of anilines is 2. The Balaban J connectivity index is 0.000000610. The maximum Gasteiger partial charge on any atom is 0.230 e. The van der Waals surface area contributed by atoms with E-state index in [0.29, 0.717) is 23.2 Å². The first-order valence-electron chi connectivity index (χ1n) is 20.7. The maximum atomic E-state index is 5.32. The minimum absolute atomic E-state index is 0. The van der Waals surface area contributed by atoms with Gasteiger partial charge in [0, 0.05) is 58.4 Å². The molecule has 304 valence electrons. The second-order valence-corrected chi connectivity index (χ2v) is 20.8. The summed E-state index contributed by atoms with van der Waals surface area (Å²) in [6.45, 7) is 39.5. The molecule has 0 N–H and O–H groups in total. The lowest BCUT2D eigenvalue weighted by atomic mass is 9.75. The van der Waals surface area contributed by atoms with Crippen molar-refractivity contribution in [1.29, 1.82) is 0 Å². The van der Waals surface area contributed by atoms with Crippen molar-refractivity contribution in [3.05, 3.63) is 5.82 Å². The Bertz CT molecular complexity index is 1140. The summed E-state index contributed by atoms with van der Waals surface area (Å²) >= 11 is 0. The molecule has 0 aromatic carbocycles. The average molecular weight is 729 g/mol. The predicted molar refractivity (Wildman–Crippen MR) is 228 cm³/mol. The highest BCUT2D eigenvalue weighted by Crippen LogP contribution is 2.42. The number of hydrogen-bond acceptors (Lipinski definition) is 8. The normalized spacial score (nSPS) is 24.8. The van der Waals surface area contributed by atoms with E-state index in [0.717, 1.165) is 88.1 Å². The van der Waals surface area contributed by atoms with Crippen LogP contribution in [0.1, 0.15) is 181 Å². The molecule has 0 radical (unpaired) electrons. The molecule has 0 unspecified atom stereocenters. The highest BCUT2D eigenvalue weighted by Gasteiger charge is 2.47. The van der Waals surface area contributed by atoms with Gasteiger partial charge in [-0.15, -0.1) is 0 Å². The van der Waals surface area contributed by atoms with Gasteiger partial charge in [-0.3, -0.25) is 14.7 Å². The lowest BCUT2D eigenvalue weighted by molar-refractivity contribution is -0.0256. The third-order valence-electron chi connectivity index (χ3n) is 13.7. The van der Waals surface area contributed by atoms with E-state index in [-0.39, 0.29) is 29.6 Å². The van der Waals surface area contributed by atoms with Crippen LogP contribution in [0, 0.1) is 12.8 Å². The molecule has 0 amide bonds. The monoisotopic (exact) mass is 729 g/mol. The second-order valence-electron chi connectivity index (χ2n) is 20.8. The lowest BCUT2D eigenvalue weighted by Gasteiger charge is -2.56. The molecule has 4 rings (SSSR count). The zero-order valence-corrected chi connectivity index (χ0v) is 37.3. The Kier molecular flexibility index (Phi) is 15.3. The number of aromatic nitrogens is 3. The van der Waals surface area contributed by atoms with E-state index < -0.39 is 0 Å². The molecule has 1 aromatic rings. The van der Waals surface area contributed by atoms with Crippen LogP contribution < -0.4 is 9.80 Å². The molecular weight excluding hydrogens is 641 g/mol. The van der Waals surface area contributed by atoms with Gasteiger partial charge in [0.1, 0.15) is 5.82 Å². The van der Waals surface area contributed by atoms with E-state index in [1.807, 2.05) is 0 Å². The van der Waals surface area contributed by atoms with Crippen LogP contribution in [0.25, 0.3) is 0 Å². The van der Waals surface area contributed by atoms with Crippen molar-refractivity contribution in [3.63, 3.8) is 0 Å². The Labute approximate surface area is 324 Å². The van der Waals surface area contributed by atoms with Gasteiger partial charge >= 0.3 is 0 Å². The average Bonchev–Trinajstić information content (AvgIpc) is 2.97. The second kappa shape index (κ2) is 17.1. The van der Waals surface area contributed by atoms with Gasteiger partial charge in [0.05, 0.1) is 0 Å². The zero-order valence-electron chi connectivity index (χ0n) is 37.3. The molecule has 8 nitrogen and oxygen atoms in total. The molecule has 0 bridgehead atoms. The molecule has 3 fully saturated rings. The summed E-state index contributed by atoms with van der Waals surface area (Å²) in [6, 6.07) is 0.801. The summed E-state index contributed by atoms with van der Waals surface area (Å²) in [6.07, 6.45) is 11.7. The van der Waals surface area contributed by atoms with Gasteiger partial charge in [-0.1, -0.05) is 41.0 Å². The third-order valence-corrected chi connectivity index (χ3v) is 13.7. The van der Waals surface area contributed by atoms with Gasteiger partial charge in [0.25, 0.3) is 0 Å². The largest absolute Gasteiger partial charge is 0.338 e. The van der Waals surface area contributed by atoms with Crippen molar-refractivity contribution in [3.8, 4) is 0 Å². The fraction of sp³-hybridized carbons (Fsp3) is 0.932. The molecule has 3 aliphatic rings. The quantitative estimate of drug-likeness (QED) is 0.236. The Morgan fingerprint density at radius 3 is 1.06 bits per heavy atom. The van der Waals surface area contributed by atoms with Crippen LogP contribution in [0.4, 0.5) is 11.9 Å². The third kappa shape index (κ3) is 10.8. The van der Waals surface area contributed by atoms with Crippen molar-refractivity contribution < 1.29 is 0 Å². The van der Waals surface area contributed by atoms with Crippen LogP contribution in [0.3, 0.4) is 0 Å². The van der Waals surface area contributed by atoms with Crippen LogP contribution >= 0.6 is 0 Å². The van der Waals surface area contributed by atoms with Crippen LogP contribution in [0.2, 0.25) is 0 Å². The van der Waals surface area contributed by atoms with E-state index >= 15 is 0 Å². The molecule has 3 saturated heterocycles. The summed E-state index contributed by atoms with van der Waals surface area (Å²) in [5.74, 6) is 3.45. The van der Waals surface area contributed by atoms with Crippen molar-refractivity contribution >= 4 is 11.9 Å². The number of likely N-dealkylation sites (tertiary alicyclic amines) is 3. The molecule has 8 heteroatoms. The van der Waals surface area contributed by atoms with E-state index in [9.17, 15) is 0 Å². The summed E-state index contributed by atoms with van der Waals surface area (Å²) in [5.41, 5.74) is 1.20. The number of unbranched alkanes of at least 4 members (excludes halogenated alkanes) is 2. The first-order chi connectivity index (χ1) is 23.2. The van der Waals surface area contributed by atoms with Gasteiger partial charge in [-0.25, -0.2) is 0 Å². The van der Waals surface area contributed by atoms with Crippen molar-refractivity contribution in [1.82, 2.24) is 29.7 Å². The topological polar surface area (TPSA) is 54.9 Å². The molecule has 52 heavy (non-hydrogen) atoms. The van der Waals surface area contributed by atoms with Gasteiger partial charge in [0.15, 0.2) is 0 Å². The van der Waals surface area contributed by atoms with E-state index in [2.05, 4.69) is 156 Å². The molecule has 1 aromatic heterocycles. The lowest BCUT2D eigenvalue weighted by Crippen LogP contribution is -2.63. The standard InChI is InChI=1S/C32H61N7.C11H23N.CH4/c1-14-16-18-38(25-20-29(4,5)36(12)30(6,7)21-25)27-33-24(3)34-28(35-27)39(19-17-15-2)26-22-31(8,9)37(13)32(10,11)23-26;1-9-7-10(2,3)12(6)11(4,5)8-9;/h25-26H,14-23H2,1-13H3;9H,7-8H2,1-6H3;1H4. The van der Waals surface area contributed by atoms with Crippen molar-refractivity contribution in [2.24, 2.45) is 5.92 Å². The minimum atomic E-state index is 0. The van der Waals surface area contributed by atoms with Crippen LogP contribution in [-0.4, -0.2) is 109 Å². The first-order valence-corrected chi connectivity index (χ1v) is 20.7. The number of rotatable bonds is 10. The van der Waals surface area contributed by atoms with Crippen molar-refractivity contribution in [2.75, 3.05) is 44.0 Å². The maximum absolute atomic E-state index is 5.32. The van der Waals surface area contributed by atoms with E-state index in [4.69, 9.17) is 15.0 Å². The van der Waals surface area contributed by atoms with Crippen molar-refractivity contribution in [2.45, 2.75) is 228 Å². The summed E-state index contributed by atoms with van der Waals surface area (Å²) in [5, 5.41) is 0. The fourth-order valence-electron chi connectivity index (χ4n) is 10.2. The van der Waals surface area contributed by atoms with E-state index in [1.165, 1.54) is 12.8 Å². The summed E-state index contributed by atoms with van der Waals surface area (Å²) in [4.78, 5) is 28.1. The smallest absolute Gasteiger partial charge is 0.230 e. The van der Waals surface area contributed by atoms with Gasteiger partial charge in [0.2, 0.25) is 11.9 Å². The number of hydrogen-bond donors (Lipinski definition) is 0. The molecule has 0 saturated carbocycles. The van der Waals surface area contributed by atoms with Crippen LogP contribution in [0.15, 0.2) is 0 Å². The SMILES string of the molecule is C.CC1CC(C)(C)N(C)C(C)(C)C1.CCCCN(c1nc(C)nc(N(CCCC)C2CC(C)(C)N(C)C(C)(C)C2)n1)C1CC(C)(C)N(C)C(C)(C)C1. The molecular formula is C44H88N8. The molecule has 4 heterocycles. The molecule has 0 aliphatic carbocycles. The minimum Gasteiger partial charge on any atom is -0.338 e. The highest BCUT2D eigenvalue weighted by atomic mass is 15.4. The highest BCUT2D eigenvalue weighted by molar-refractivity contribution is 5.42. The molecule has 0 spiro atoms. The Morgan fingerprint density at radius 2 is 0.788 bits per heavy atom. The van der Waals surface area contributed by atoms with Gasteiger partial charge in [-0.05, 0) is 168 Å². The Morgan fingerprint density at radius 1 is 0.519 bits per heavy atom. The summed E-state index contributed by atoms with van der Waals surface area (Å²) in [7, 11) is 6.83. The first kappa shape index (κ1) is 46.6. The number of piperidine rings is 3. The Hall–Kier alpha value is -1.51. The molecule has 3 aliphatic heterocycles. The van der Waals surface area contributed by atoms with E-state index in [1.54, 1.807) is 0 Å².